The predicted octanol–water partition coefficient (Wildman–Crippen LogP) is 2.54. The van der Waals surface area contributed by atoms with Gasteiger partial charge in [-0.15, -0.1) is 0 Å². The number of carbonyl (C=O) groups excluding carboxylic acids is 2. The first-order valence-corrected chi connectivity index (χ1v) is 17.4. The zero-order valence-electron chi connectivity index (χ0n) is 17.8. The Hall–Kier alpha value is -3.66. The molecule has 6 nitrogen and oxygen atoms in total. The van der Waals surface area contributed by atoms with Crippen molar-refractivity contribution >= 4 is 51.6 Å². The van der Waals surface area contributed by atoms with Crippen molar-refractivity contribution in [3.63, 3.8) is 0 Å². The summed E-state index contributed by atoms with van der Waals surface area (Å²) in [6.07, 6.45) is 0. The number of nitrogen functional groups attached to an aromatic ring is 2. The molecule has 0 amide bonds. The first kappa shape index (κ1) is 22.5. The molecule has 4 aromatic rings. The second-order valence-electron chi connectivity index (χ2n) is 7.41. The maximum absolute atomic E-state index is 11.0. The number of hydrogen-bond donors (Lipinski definition) is 2. The standard InChI is InChI=1S/2C7H7NO2.2C6H5.Pb/c2*8-6-3-1-5(2-4-6)7(9)10;2*1-2-4-6-5-3-1;/h2*1-4H,8H2,(H,9,10);2*1-5H;/q;;;;+2. The molecule has 0 saturated carbocycles. The fourth-order valence-electron chi connectivity index (χ4n) is 3.38. The van der Waals surface area contributed by atoms with Gasteiger partial charge in [-0.25, -0.2) is 0 Å². The van der Waals surface area contributed by atoms with E-state index in [1.807, 2.05) is 60.7 Å². The van der Waals surface area contributed by atoms with E-state index in [-0.39, 0.29) is 11.9 Å². The van der Waals surface area contributed by atoms with Crippen LogP contribution in [0, 0.1) is 0 Å². The second kappa shape index (κ2) is 9.87. The summed E-state index contributed by atoms with van der Waals surface area (Å²) in [5, 5.41) is 0. The molecule has 0 bridgehead atoms. The molecule has 0 aliphatic carbocycles. The Morgan fingerprint density at radius 1 is 0.515 bits per heavy atom. The van der Waals surface area contributed by atoms with Crippen molar-refractivity contribution in [1.29, 1.82) is 0 Å². The molecule has 0 aliphatic rings. The van der Waals surface area contributed by atoms with E-state index in [4.69, 9.17) is 16.8 Å². The van der Waals surface area contributed by atoms with E-state index in [2.05, 4.69) is 0 Å². The molecule has 33 heavy (non-hydrogen) atoms. The van der Waals surface area contributed by atoms with Crippen LogP contribution in [-0.4, -0.2) is 43.6 Å². The van der Waals surface area contributed by atoms with Gasteiger partial charge in [0.25, 0.3) is 0 Å². The van der Waals surface area contributed by atoms with Crippen LogP contribution in [-0.2, 0) is 5.37 Å². The number of anilines is 2. The average molecular weight is 636 g/mol. The van der Waals surface area contributed by atoms with E-state index in [1.54, 1.807) is 48.5 Å². The van der Waals surface area contributed by atoms with Crippen LogP contribution in [0.5, 0.6) is 0 Å². The third-order valence-electron chi connectivity index (χ3n) is 5.10. The Morgan fingerprint density at radius 3 is 1.18 bits per heavy atom. The monoisotopic (exact) mass is 636 g/mol. The van der Waals surface area contributed by atoms with Crippen molar-refractivity contribution in [3.05, 3.63) is 120 Å². The average Bonchev–Trinajstić information content (AvgIpc) is 2.85. The minimum absolute atomic E-state index is 0.297. The van der Waals surface area contributed by atoms with Crippen LogP contribution < -0.4 is 17.7 Å². The van der Waals surface area contributed by atoms with Gasteiger partial charge in [0, 0.05) is 0 Å². The number of benzene rings is 4. The first-order valence-electron chi connectivity index (χ1n) is 10.3. The second-order valence-corrected chi connectivity index (χ2v) is 18.3. The Morgan fingerprint density at radius 2 is 0.848 bits per heavy atom. The van der Waals surface area contributed by atoms with Crippen molar-refractivity contribution in [1.82, 2.24) is 0 Å². The molecule has 0 fully saturated rings. The van der Waals surface area contributed by atoms with E-state index in [1.165, 1.54) is 0 Å². The van der Waals surface area contributed by atoms with E-state index in [0.717, 1.165) is 6.25 Å². The van der Waals surface area contributed by atoms with Crippen LogP contribution in [0.2, 0.25) is 0 Å². The first-order chi connectivity index (χ1) is 16.0. The maximum atomic E-state index is 11.0. The molecule has 164 valence electrons. The Balaban J connectivity index is 1.83. The van der Waals surface area contributed by atoms with Gasteiger partial charge in [0.05, 0.1) is 0 Å². The SMILES string of the molecule is Nc1ccc(C(=[OH+])[O][Pb]([O]C(=[OH+])c2ccc(N)cc2)([c]2ccccc2)[c]2ccccc2)cc1. The summed E-state index contributed by atoms with van der Waals surface area (Å²) in [5.41, 5.74) is 13.6. The van der Waals surface area contributed by atoms with Gasteiger partial charge in [-0.05, 0) is 0 Å². The van der Waals surface area contributed by atoms with Gasteiger partial charge in [0.2, 0.25) is 0 Å². The zero-order chi connectivity index (χ0) is 23.3. The molecular formula is C26H24N2O4Pb+2. The van der Waals surface area contributed by atoms with Crippen molar-refractivity contribution in [2.24, 2.45) is 0 Å². The molecule has 0 saturated heterocycles. The molecule has 4 aromatic carbocycles. The van der Waals surface area contributed by atoms with Crippen molar-refractivity contribution in [2.45, 2.75) is 0 Å². The zero-order valence-corrected chi connectivity index (χ0v) is 21.6. The Kier molecular flexibility index (Phi) is 6.74. The predicted molar refractivity (Wildman–Crippen MR) is 134 cm³/mol. The van der Waals surface area contributed by atoms with Crippen molar-refractivity contribution in [3.8, 4) is 0 Å². The topological polar surface area (TPSA) is 113 Å². The van der Waals surface area contributed by atoms with Crippen molar-refractivity contribution < 1.29 is 15.0 Å². The molecule has 0 aliphatic heterocycles. The number of hydrogen-bond acceptors (Lipinski definition) is 4. The summed E-state index contributed by atoms with van der Waals surface area (Å²) in [6, 6.07) is 32.2. The molecule has 0 radical (unpaired) electrons. The van der Waals surface area contributed by atoms with Crippen LogP contribution in [0.4, 0.5) is 11.4 Å². The summed E-state index contributed by atoms with van der Waals surface area (Å²) in [5.74, 6) is -0.594. The van der Waals surface area contributed by atoms with Crippen LogP contribution in [0.1, 0.15) is 11.1 Å². The molecule has 0 heterocycles. The molecule has 0 atom stereocenters. The molecule has 0 unspecified atom stereocenters. The van der Waals surface area contributed by atoms with Crippen LogP contribution in [0.15, 0.2) is 109 Å². The van der Waals surface area contributed by atoms with E-state index < -0.39 is 22.1 Å². The fraction of sp³-hybridized carbons (Fsp3) is 0. The molecule has 4 rings (SSSR count). The van der Waals surface area contributed by atoms with Crippen molar-refractivity contribution in [2.75, 3.05) is 11.5 Å². The summed E-state index contributed by atoms with van der Waals surface area (Å²) in [6.45, 7) is 0. The molecule has 0 spiro atoms. The summed E-state index contributed by atoms with van der Waals surface area (Å²) in [4.78, 5) is 22.0. The quantitative estimate of drug-likeness (QED) is 0.193. The fourth-order valence-corrected chi connectivity index (χ4v) is 14.6. The minimum atomic E-state index is -4.90. The Labute approximate surface area is 197 Å². The number of nitrogens with two attached hydrogens (primary N) is 2. The van der Waals surface area contributed by atoms with Gasteiger partial charge < -0.3 is 0 Å². The summed E-state index contributed by atoms with van der Waals surface area (Å²) >= 11 is -4.90. The van der Waals surface area contributed by atoms with Gasteiger partial charge in [-0.2, -0.15) is 0 Å². The summed E-state index contributed by atoms with van der Waals surface area (Å²) in [7, 11) is 0. The van der Waals surface area contributed by atoms with E-state index in [9.17, 15) is 9.59 Å². The number of rotatable bonds is 6. The van der Waals surface area contributed by atoms with Gasteiger partial charge in [0.15, 0.2) is 0 Å². The van der Waals surface area contributed by atoms with Gasteiger partial charge in [-0.3, -0.25) is 0 Å². The molecule has 7 heteroatoms. The van der Waals surface area contributed by atoms with E-state index in [0.29, 0.717) is 22.5 Å². The van der Waals surface area contributed by atoms with Gasteiger partial charge in [0.1, 0.15) is 0 Å². The van der Waals surface area contributed by atoms with Gasteiger partial charge in [-0.1, -0.05) is 0 Å². The van der Waals surface area contributed by atoms with Crippen LogP contribution in [0.25, 0.3) is 0 Å². The van der Waals surface area contributed by atoms with Crippen LogP contribution in [0.3, 0.4) is 0 Å². The van der Waals surface area contributed by atoms with Gasteiger partial charge >= 0.3 is 198 Å². The Bertz CT molecular complexity index is 1140. The molecular weight excluding hydrogens is 611 g/mol. The third kappa shape index (κ3) is 5.06. The third-order valence-corrected chi connectivity index (χ3v) is 17.3. The normalized spacial score (nSPS) is 10.9. The molecule has 0 aromatic heterocycles. The summed E-state index contributed by atoms with van der Waals surface area (Å²) < 4.78 is 14.3. The van der Waals surface area contributed by atoms with Crippen LogP contribution >= 0.6 is 0 Å². The van der Waals surface area contributed by atoms with E-state index >= 15 is 0 Å². The molecule has 6 N–H and O–H groups in total.